The van der Waals surface area contributed by atoms with Gasteiger partial charge in [-0.15, -0.1) is 0 Å². The van der Waals surface area contributed by atoms with Gasteiger partial charge in [0.1, 0.15) is 11.6 Å². The van der Waals surface area contributed by atoms with Crippen molar-refractivity contribution in [3.63, 3.8) is 0 Å². The Balaban J connectivity index is 1.69. The van der Waals surface area contributed by atoms with Gasteiger partial charge < -0.3 is 15.2 Å². The number of benzene rings is 1. The maximum Gasteiger partial charge on any atom is 0.223 e. The highest BCUT2D eigenvalue weighted by Gasteiger charge is 2.43. The molecule has 0 atom stereocenters. The molecule has 1 aliphatic carbocycles. The van der Waals surface area contributed by atoms with E-state index in [1.165, 1.54) is 24.3 Å². The van der Waals surface area contributed by atoms with Gasteiger partial charge in [0, 0.05) is 0 Å². The Morgan fingerprint density at radius 2 is 2.06 bits per heavy atom. The number of halogens is 1. The number of carbonyl (C=O) groups is 1. The van der Waals surface area contributed by atoms with E-state index in [0.717, 1.165) is 12.8 Å². The predicted octanol–water partition coefficient (Wildman–Crippen LogP) is 1.24. The Kier molecular flexibility index (Phi) is 3.81. The Bertz CT molecular complexity index is 415. The zero-order chi connectivity index (χ0) is 13.0. The number of aliphatic hydroxyl groups excluding tert-OH is 1. The van der Waals surface area contributed by atoms with Crippen LogP contribution in [-0.4, -0.2) is 29.8 Å². The lowest BCUT2D eigenvalue weighted by atomic mass is 10.2. The standard InChI is InChI=1S/C13H16FNO3/c14-10-1-3-11(4-2-10)18-8-5-12(17)15-13(9-16)6-7-13/h1-4,16H,5-9H2,(H,15,17). The van der Waals surface area contributed by atoms with Gasteiger partial charge in [0.05, 0.1) is 25.2 Å². The zero-order valence-corrected chi connectivity index (χ0v) is 9.99. The molecular formula is C13H16FNO3. The van der Waals surface area contributed by atoms with Crippen molar-refractivity contribution in [2.75, 3.05) is 13.2 Å². The molecule has 1 fully saturated rings. The maximum atomic E-state index is 12.6. The molecule has 0 spiro atoms. The van der Waals surface area contributed by atoms with Gasteiger partial charge in [0.25, 0.3) is 0 Å². The van der Waals surface area contributed by atoms with Crippen LogP contribution in [0.3, 0.4) is 0 Å². The van der Waals surface area contributed by atoms with Gasteiger partial charge in [-0.05, 0) is 37.1 Å². The van der Waals surface area contributed by atoms with E-state index in [9.17, 15) is 9.18 Å². The van der Waals surface area contributed by atoms with Crippen molar-refractivity contribution in [1.82, 2.24) is 5.32 Å². The smallest absolute Gasteiger partial charge is 0.223 e. The SMILES string of the molecule is O=C(CCOc1ccc(F)cc1)NC1(CO)CC1. The molecule has 5 heteroatoms. The summed E-state index contributed by atoms with van der Waals surface area (Å²) in [6.45, 7) is 0.219. The first-order valence-corrected chi connectivity index (χ1v) is 5.94. The highest BCUT2D eigenvalue weighted by molar-refractivity contribution is 5.77. The monoisotopic (exact) mass is 253 g/mol. The lowest BCUT2D eigenvalue weighted by Gasteiger charge is -2.14. The second kappa shape index (κ2) is 5.35. The summed E-state index contributed by atoms with van der Waals surface area (Å²) in [6, 6.07) is 5.65. The van der Waals surface area contributed by atoms with Gasteiger partial charge in [-0.3, -0.25) is 4.79 Å². The molecule has 4 nitrogen and oxygen atoms in total. The number of nitrogens with one attached hydrogen (secondary N) is 1. The lowest BCUT2D eigenvalue weighted by molar-refractivity contribution is -0.122. The van der Waals surface area contributed by atoms with E-state index in [1.54, 1.807) is 0 Å². The molecule has 0 saturated heterocycles. The van der Waals surface area contributed by atoms with E-state index >= 15 is 0 Å². The van der Waals surface area contributed by atoms with E-state index in [4.69, 9.17) is 9.84 Å². The first-order chi connectivity index (χ1) is 8.63. The molecule has 2 N–H and O–H groups in total. The van der Waals surface area contributed by atoms with Crippen LogP contribution in [0.4, 0.5) is 4.39 Å². The molecule has 1 aromatic rings. The number of carbonyl (C=O) groups excluding carboxylic acids is 1. The van der Waals surface area contributed by atoms with Crippen LogP contribution < -0.4 is 10.1 Å². The van der Waals surface area contributed by atoms with Crippen molar-refractivity contribution < 1.29 is 19.0 Å². The molecule has 0 radical (unpaired) electrons. The van der Waals surface area contributed by atoms with Gasteiger partial charge in [-0.1, -0.05) is 0 Å². The molecule has 0 unspecified atom stereocenters. The van der Waals surface area contributed by atoms with E-state index in [2.05, 4.69) is 5.32 Å². The first kappa shape index (κ1) is 12.8. The summed E-state index contributed by atoms with van der Waals surface area (Å²) < 4.78 is 17.9. The highest BCUT2D eigenvalue weighted by atomic mass is 19.1. The predicted molar refractivity (Wildman–Crippen MR) is 63.7 cm³/mol. The van der Waals surface area contributed by atoms with Gasteiger partial charge in [-0.25, -0.2) is 4.39 Å². The summed E-state index contributed by atoms with van der Waals surface area (Å²) in [4.78, 5) is 11.5. The van der Waals surface area contributed by atoms with Crippen LogP contribution in [0, 0.1) is 5.82 Å². The number of rotatable bonds is 6. The minimum absolute atomic E-state index is 0.0163. The zero-order valence-electron chi connectivity index (χ0n) is 9.99. The summed E-state index contributed by atoms with van der Waals surface area (Å²) in [7, 11) is 0. The van der Waals surface area contributed by atoms with Crippen LogP contribution in [0.5, 0.6) is 5.75 Å². The molecule has 1 aliphatic rings. The first-order valence-electron chi connectivity index (χ1n) is 5.94. The molecule has 2 rings (SSSR count). The third kappa shape index (κ3) is 3.43. The molecule has 0 aliphatic heterocycles. The molecular weight excluding hydrogens is 237 g/mol. The number of aliphatic hydroxyl groups is 1. The van der Waals surface area contributed by atoms with E-state index < -0.39 is 0 Å². The van der Waals surface area contributed by atoms with Crippen molar-refractivity contribution in [3.8, 4) is 5.75 Å². The molecule has 0 heterocycles. The molecule has 98 valence electrons. The summed E-state index contributed by atoms with van der Waals surface area (Å²) >= 11 is 0. The van der Waals surface area contributed by atoms with Crippen molar-refractivity contribution >= 4 is 5.91 Å². The fourth-order valence-corrected chi connectivity index (χ4v) is 1.62. The lowest BCUT2D eigenvalue weighted by Crippen LogP contribution is -2.40. The largest absolute Gasteiger partial charge is 0.493 e. The van der Waals surface area contributed by atoms with Crippen LogP contribution >= 0.6 is 0 Å². The molecule has 0 bridgehead atoms. The second-order valence-electron chi connectivity index (χ2n) is 4.54. The van der Waals surface area contributed by atoms with Crippen molar-refractivity contribution in [1.29, 1.82) is 0 Å². The topological polar surface area (TPSA) is 58.6 Å². The van der Waals surface area contributed by atoms with Gasteiger partial charge >= 0.3 is 0 Å². The molecule has 18 heavy (non-hydrogen) atoms. The number of ether oxygens (including phenoxy) is 1. The normalized spacial score (nSPS) is 16.1. The minimum Gasteiger partial charge on any atom is -0.493 e. The number of hydrogen-bond acceptors (Lipinski definition) is 3. The number of hydrogen-bond donors (Lipinski definition) is 2. The van der Waals surface area contributed by atoms with Crippen LogP contribution in [0.25, 0.3) is 0 Å². The summed E-state index contributed by atoms with van der Waals surface area (Å²) in [6.07, 6.45) is 1.88. The fourth-order valence-electron chi connectivity index (χ4n) is 1.62. The maximum absolute atomic E-state index is 12.6. The van der Waals surface area contributed by atoms with Gasteiger partial charge in [0.2, 0.25) is 5.91 Å². The molecule has 1 saturated carbocycles. The summed E-state index contributed by atoms with van der Waals surface area (Å²) in [5, 5.41) is 11.8. The van der Waals surface area contributed by atoms with E-state index in [0.29, 0.717) is 5.75 Å². The van der Waals surface area contributed by atoms with Crippen molar-refractivity contribution in [2.24, 2.45) is 0 Å². The third-order valence-electron chi connectivity index (χ3n) is 2.97. The molecule has 1 aromatic carbocycles. The molecule has 1 amide bonds. The summed E-state index contributed by atoms with van der Waals surface area (Å²) in [5.41, 5.74) is -0.382. The fraction of sp³-hybridized carbons (Fsp3) is 0.462. The number of amides is 1. The average Bonchev–Trinajstić information content (AvgIpc) is 3.12. The van der Waals surface area contributed by atoms with Crippen LogP contribution in [0.2, 0.25) is 0 Å². The summed E-state index contributed by atoms with van der Waals surface area (Å²) in [5.74, 6) is 0.0786. The van der Waals surface area contributed by atoms with Gasteiger partial charge in [0.15, 0.2) is 0 Å². The van der Waals surface area contributed by atoms with E-state index in [-0.39, 0.29) is 36.9 Å². The Labute approximate surface area is 105 Å². The highest BCUT2D eigenvalue weighted by Crippen LogP contribution is 2.34. The quantitative estimate of drug-likeness (QED) is 0.801. The van der Waals surface area contributed by atoms with Crippen LogP contribution in [0.1, 0.15) is 19.3 Å². The Morgan fingerprint density at radius 3 is 2.61 bits per heavy atom. The van der Waals surface area contributed by atoms with Crippen molar-refractivity contribution in [2.45, 2.75) is 24.8 Å². The van der Waals surface area contributed by atoms with E-state index in [1.807, 2.05) is 0 Å². The molecule has 0 aromatic heterocycles. The Morgan fingerprint density at radius 1 is 1.39 bits per heavy atom. The Hall–Kier alpha value is -1.62. The van der Waals surface area contributed by atoms with Crippen molar-refractivity contribution in [3.05, 3.63) is 30.1 Å². The van der Waals surface area contributed by atoms with Crippen LogP contribution in [-0.2, 0) is 4.79 Å². The third-order valence-corrected chi connectivity index (χ3v) is 2.97. The average molecular weight is 253 g/mol. The second-order valence-corrected chi connectivity index (χ2v) is 4.54. The van der Waals surface area contributed by atoms with Crippen LogP contribution in [0.15, 0.2) is 24.3 Å². The van der Waals surface area contributed by atoms with Gasteiger partial charge in [-0.2, -0.15) is 0 Å². The minimum atomic E-state index is -0.382.